The highest BCUT2D eigenvalue weighted by molar-refractivity contribution is 5.83. The summed E-state index contributed by atoms with van der Waals surface area (Å²) in [7, 11) is 0. The van der Waals surface area contributed by atoms with Crippen LogP contribution >= 0.6 is 0 Å². The minimum absolute atomic E-state index is 0.000814. The maximum atomic E-state index is 13.3. The summed E-state index contributed by atoms with van der Waals surface area (Å²) in [5.74, 6) is 2.95. The summed E-state index contributed by atoms with van der Waals surface area (Å²) < 4.78 is 8.13. The molecule has 1 aromatic heterocycles. The number of hydrogen-bond donors (Lipinski definition) is 2. The lowest BCUT2D eigenvalue weighted by atomic mass is 9.73. The van der Waals surface area contributed by atoms with Crippen LogP contribution in [0.25, 0.3) is 0 Å². The van der Waals surface area contributed by atoms with Gasteiger partial charge in [0, 0.05) is 13.0 Å². The van der Waals surface area contributed by atoms with Crippen molar-refractivity contribution in [2.75, 3.05) is 32.8 Å². The molecule has 3 aliphatic rings. The molecule has 37 heavy (non-hydrogen) atoms. The molecule has 2 amide bonds. The Bertz CT molecular complexity index is 1080. The number of aromatic nitrogens is 3. The van der Waals surface area contributed by atoms with E-state index in [0.29, 0.717) is 26.2 Å². The average Bonchev–Trinajstić information content (AvgIpc) is 3.14. The Labute approximate surface area is 219 Å². The molecule has 0 radical (unpaired) electrons. The first kappa shape index (κ1) is 25.7. The summed E-state index contributed by atoms with van der Waals surface area (Å²) in [6, 6.07) is 8.20. The lowest BCUT2D eigenvalue weighted by molar-refractivity contribution is -0.135. The molecule has 200 valence electrons. The number of nitrogens with one attached hydrogen (secondary N) is 2. The minimum Gasteiger partial charge on any atom is -0.491 e. The first-order chi connectivity index (χ1) is 18.1. The van der Waals surface area contributed by atoms with E-state index in [-0.39, 0.29) is 17.2 Å². The third-order valence-electron chi connectivity index (χ3n) is 8.26. The van der Waals surface area contributed by atoms with Crippen LogP contribution in [0.15, 0.2) is 24.3 Å². The summed E-state index contributed by atoms with van der Waals surface area (Å²) in [5, 5.41) is 14.8. The van der Waals surface area contributed by atoms with Crippen LogP contribution in [0.2, 0.25) is 0 Å². The van der Waals surface area contributed by atoms with Crippen LogP contribution < -0.4 is 15.4 Å². The third-order valence-corrected chi connectivity index (χ3v) is 8.26. The fourth-order valence-corrected chi connectivity index (χ4v) is 5.99. The quantitative estimate of drug-likeness (QED) is 0.659. The van der Waals surface area contributed by atoms with E-state index < -0.39 is 0 Å². The van der Waals surface area contributed by atoms with Gasteiger partial charge in [0.15, 0.2) is 5.82 Å². The minimum atomic E-state index is -0.356. The van der Waals surface area contributed by atoms with E-state index in [0.717, 1.165) is 94.8 Å². The topological polar surface area (TPSA) is 101 Å². The fraction of sp³-hybridized carbons (Fsp3) is 0.643. The summed E-state index contributed by atoms with van der Waals surface area (Å²) in [6.07, 6.45) is 9.92. The van der Waals surface area contributed by atoms with E-state index in [1.54, 1.807) is 0 Å². The maximum absolute atomic E-state index is 13.3. The number of likely N-dealkylation sites (tertiary alicyclic amines) is 1. The molecule has 1 aromatic carbocycles. The Morgan fingerprint density at radius 2 is 1.84 bits per heavy atom. The molecule has 9 nitrogen and oxygen atoms in total. The molecule has 0 saturated carbocycles. The molecule has 4 heterocycles. The average molecular weight is 509 g/mol. The molecule has 3 aliphatic heterocycles. The van der Waals surface area contributed by atoms with Gasteiger partial charge in [0.25, 0.3) is 0 Å². The molecule has 1 spiro atoms. The number of ether oxygens (including phenoxy) is 1. The Hall–Kier alpha value is -2.94. The number of nitrogens with zero attached hydrogens (tertiary/aromatic N) is 4. The van der Waals surface area contributed by atoms with Crippen molar-refractivity contribution in [3.8, 4) is 5.75 Å². The zero-order valence-corrected chi connectivity index (χ0v) is 21.8. The summed E-state index contributed by atoms with van der Waals surface area (Å²) in [5.41, 5.74) is 0.886. The summed E-state index contributed by atoms with van der Waals surface area (Å²) >= 11 is 0. The molecule has 2 aromatic rings. The van der Waals surface area contributed by atoms with Crippen LogP contribution in [0, 0.1) is 5.41 Å². The van der Waals surface area contributed by atoms with Crippen molar-refractivity contribution in [3.05, 3.63) is 41.5 Å². The second kappa shape index (κ2) is 12.1. The van der Waals surface area contributed by atoms with Gasteiger partial charge in [-0.2, -0.15) is 0 Å². The van der Waals surface area contributed by atoms with Gasteiger partial charge in [0.1, 0.15) is 18.2 Å². The van der Waals surface area contributed by atoms with Gasteiger partial charge in [-0.05, 0) is 69.7 Å². The third kappa shape index (κ3) is 6.32. The first-order valence-corrected chi connectivity index (χ1v) is 14.0. The van der Waals surface area contributed by atoms with Crippen molar-refractivity contribution in [1.82, 2.24) is 30.3 Å². The fourth-order valence-electron chi connectivity index (χ4n) is 5.99. The monoisotopic (exact) mass is 508 g/mol. The van der Waals surface area contributed by atoms with Crippen molar-refractivity contribution in [2.45, 2.75) is 77.3 Å². The zero-order chi connectivity index (χ0) is 25.5. The van der Waals surface area contributed by atoms with Crippen LogP contribution in [0.4, 0.5) is 0 Å². The largest absolute Gasteiger partial charge is 0.491 e. The molecule has 0 unspecified atom stereocenters. The Morgan fingerprint density at radius 1 is 1.00 bits per heavy atom. The lowest BCUT2D eigenvalue weighted by Gasteiger charge is -2.40. The highest BCUT2D eigenvalue weighted by Gasteiger charge is 2.41. The number of carbonyl (C=O) groups is 2. The number of benzene rings is 1. The van der Waals surface area contributed by atoms with Crippen LogP contribution in [0.1, 0.15) is 68.6 Å². The van der Waals surface area contributed by atoms with Crippen molar-refractivity contribution >= 4 is 11.8 Å². The molecule has 0 aliphatic carbocycles. The van der Waals surface area contributed by atoms with Gasteiger partial charge >= 0.3 is 0 Å². The first-order valence-electron chi connectivity index (χ1n) is 14.0. The van der Waals surface area contributed by atoms with E-state index in [2.05, 4.69) is 42.4 Å². The second-order valence-electron chi connectivity index (χ2n) is 10.7. The van der Waals surface area contributed by atoms with Crippen molar-refractivity contribution in [3.63, 3.8) is 0 Å². The Kier molecular flexibility index (Phi) is 8.38. The van der Waals surface area contributed by atoms with Gasteiger partial charge in [0.2, 0.25) is 11.8 Å². The predicted octanol–water partition coefficient (Wildman–Crippen LogP) is 2.62. The number of aryl methyl sites for hydroxylation is 2. The number of para-hydroxylation sites is 1. The van der Waals surface area contributed by atoms with Gasteiger partial charge < -0.3 is 19.9 Å². The second-order valence-corrected chi connectivity index (χ2v) is 10.7. The SMILES string of the molecule is O=C(CN1CCC2(CCCCc3ccccc3OCCNC2=O)CC1)NCc1nnc2n1CCCCC2. The molecule has 1 saturated heterocycles. The number of piperidine rings is 1. The Morgan fingerprint density at radius 3 is 2.73 bits per heavy atom. The molecular formula is C28H40N6O3. The highest BCUT2D eigenvalue weighted by Crippen LogP contribution is 2.37. The van der Waals surface area contributed by atoms with E-state index in [1.807, 2.05) is 12.1 Å². The number of carbonyl (C=O) groups excluding carboxylic acids is 2. The van der Waals surface area contributed by atoms with Crippen LogP contribution in [-0.4, -0.2) is 64.3 Å². The van der Waals surface area contributed by atoms with Gasteiger partial charge in [-0.25, -0.2) is 0 Å². The summed E-state index contributed by atoms with van der Waals surface area (Å²) in [6.45, 7) is 4.18. The van der Waals surface area contributed by atoms with E-state index in [1.165, 1.54) is 12.0 Å². The van der Waals surface area contributed by atoms with Crippen molar-refractivity contribution < 1.29 is 14.3 Å². The molecule has 5 rings (SSSR count). The lowest BCUT2D eigenvalue weighted by Crippen LogP contribution is -2.51. The number of rotatable bonds is 4. The van der Waals surface area contributed by atoms with Gasteiger partial charge in [0.05, 0.1) is 25.0 Å². The van der Waals surface area contributed by atoms with Crippen LogP contribution in [0.3, 0.4) is 0 Å². The molecule has 0 bridgehead atoms. The van der Waals surface area contributed by atoms with Crippen molar-refractivity contribution in [1.29, 1.82) is 0 Å². The zero-order valence-electron chi connectivity index (χ0n) is 21.8. The number of fused-ring (bicyclic) bond motifs is 2. The van der Waals surface area contributed by atoms with Crippen molar-refractivity contribution in [2.24, 2.45) is 5.41 Å². The van der Waals surface area contributed by atoms with E-state index in [4.69, 9.17) is 4.74 Å². The molecule has 9 heteroatoms. The maximum Gasteiger partial charge on any atom is 0.234 e. The molecular weight excluding hydrogens is 468 g/mol. The molecule has 1 fully saturated rings. The predicted molar refractivity (Wildman–Crippen MR) is 140 cm³/mol. The van der Waals surface area contributed by atoms with E-state index >= 15 is 0 Å². The van der Waals surface area contributed by atoms with E-state index in [9.17, 15) is 9.59 Å². The highest BCUT2D eigenvalue weighted by atomic mass is 16.5. The standard InChI is InChI=1S/C28H40N6O3/c35-26(30-20-25-32-31-24-11-2-1-7-16-34(24)25)21-33-17-13-28(14-18-33)12-6-5-9-22-8-3-4-10-23(22)37-19-15-29-27(28)36/h3-4,8,10H,1-2,5-7,9,11-21H2,(H,29,36)(H,30,35). The van der Waals surface area contributed by atoms with Gasteiger partial charge in [-0.3, -0.25) is 14.5 Å². The van der Waals surface area contributed by atoms with Crippen LogP contribution in [-0.2, 0) is 35.5 Å². The molecule has 2 N–H and O–H groups in total. The Balaban J connectivity index is 1.11. The van der Waals surface area contributed by atoms with Gasteiger partial charge in [-0.1, -0.05) is 31.0 Å². The normalized spacial score (nSPS) is 20.8. The van der Waals surface area contributed by atoms with Gasteiger partial charge in [-0.15, -0.1) is 10.2 Å². The number of hydrogen-bond acceptors (Lipinski definition) is 6. The molecule has 0 atom stereocenters. The summed E-state index contributed by atoms with van der Waals surface area (Å²) in [4.78, 5) is 28.2. The number of amides is 2. The van der Waals surface area contributed by atoms with Crippen LogP contribution in [0.5, 0.6) is 5.75 Å². The smallest absolute Gasteiger partial charge is 0.234 e.